The fraction of sp³-hybridized carbons (Fsp3) is 0.500. The van der Waals surface area contributed by atoms with Crippen LogP contribution in [-0.4, -0.2) is 55.6 Å². The van der Waals surface area contributed by atoms with Crippen molar-refractivity contribution in [3.05, 3.63) is 18.2 Å². The van der Waals surface area contributed by atoms with E-state index in [2.05, 4.69) is 20.1 Å². The van der Waals surface area contributed by atoms with Crippen LogP contribution in [0.25, 0.3) is 0 Å². The maximum atomic E-state index is 12.5. The molecule has 0 bridgehead atoms. The van der Waals surface area contributed by atoms with Gasteiger partial charge >= 0.3 is 0 Å². The molecule has 19 heavy (non-hydrogen) atoms. The molecule has 0 radical (unpaired) electrons. The van der Waals surface area contributed by atoms with Crippen molar-refractivity contribution in [3.63, 3.8) is 0 Å². The summed E-state index contributed by atoms with van der Waals surface area (Å²) in [6.07, 6.45) is 0.723. The standard InChI is InChI=1S/C12H17FN4OS/c13-19-12-3-1-2-11(15-12)17-8-6-16(7-9-17)5-4-14-10-18/h1-3,10H,4-9H2,(H,14,18). The molecule has 5 nitrogen and oxygen atoms in total. The lowest BCUT2D eigenvalue weighted by Gasteiger charge is -2.35. The summed E-state index contributed by atoms with van der Waals surface area (Å²) in [5.74, 6) is 0.827. The van der Waals surface area contributed by atoms with Crippen molar-refractivity contribution >= 4 is 24.4 Å². The number of aromatic nitrogens is 1. The van der Waals surface area contributed by atoms with Gasteiger partial charge in [-0.15, -0.1) is 0 Å². The molecule has 0 aliphatic carbocycles. The molecule has 1 aromatic rings. The number of amides is 1. The second-order valence-corrected chi connectivity index (χ2v) is 4.88. The quantitative estimate of drug-likeness (QED) is 0.622. The fourth-order valence-corrected chi connectivity index (χ4v) is 2.36. The van der Waals surface area contributed by atoms with Crippen LogP contribution in [0.2, 0.25) is 0 Å². The first-order valence-corrected chi connectivity index (χ1v) is 6.95. The molecule has 1 amide bonds. The molecule has 1 fully saturated rings. The number of nitrogens with one attached hydrogen (secondary N) is 1. The molecule has 1 aromatic heterocycles. The van der Waals surface area contributed by atoms with Crippen LogP contribution in [0.5, 0.6) is 0 Å². The third kappa shape index (κ3) is 4.07. The van der Waals surface area contributed by atoms with Crippen LogP contribution in [0, 0.1) is 0 Å². The van der Waals surface area contributed by atoms with Gasteiger partial charge in [-0.3, -0.25) is 9.69 Å². The first-order valence-electron chi connectivity index (χ1n) is 6.23. The summed E-state index contributed by atoms with van der Waals surface area (Å²) >= 11 is 0.172. The van der Waals surface area contributed by atoms with Crippen LogP contribution < -0.4 is 10.2 Å². The van der Waals surface area contributed by atoms with Gasteiger partial charge in [-0.1, -0.05) is 6.07 Å². The molecule has 2 heterocycles. The normalized spacial score (nSPS) is 16.4. The minimum Gasteiger partial charge on any atom is -0.357 e. The van der Waals surface area contributed by atoms with E-state index in [4.69, 9.17) is 0 Å². The summed E-state index contributed by atoms with van der Waals surface area (Å²) in [7, 11) is 0. The van der Waals surface area contributed by atoms with Crippen LogP contribution in [-0.2, 0) is 4.79 Å². The van der Waals surface area contributed by atoms with Crippen molar-refractivity contribution in [2.45, 2.75) is 5.03 Å². The molecule has 1 saturated heterocycles. The van der Waals surface area contributed by atoms with Gasteiger partial charge in [-0.2, -0.15) is 3.89 Å². The van der Waals surface area contributed by atoms with Gasteiger partial charge in [0.15, 0.2) is 0 Å². The van der Waals surface area contributed by atoms with Gasteiger partial charge < -0.3 is 10.2 Å². The zero-order valence-electron chi connectivity index (χ0n) is 10.6. The summed E-state index contributed by atoms with van der Waals surface area (Å²) in [6.45, 7) is 5.13. The van der Waals surface area contributed by atoms with E-state index < -0.39 is 0 Å². The molecular weight excluding hydrogens is 267 g/mol. The number of pyridine rings is 1. The average molecular weight is 284 g/mol. The van der Waals surface area contributed by atoms with E-state index in [1.807, 2.05) is 12.1 Å². The maximum Gasteiger partial charge on any atom is 0.207 e. The van der Waals surface area contributed by atoms with E-state index in [-0.39, 0.29) is 12.1 Å². The van der Waals surface area contributed by atoms with Gasteiger partial charge in [-0.25, -0.2) is 4.98 Å². The molecule has 1 aliphatic rings. The molecule has 0 atom stereocenters. The van der Waals surface area contributed by atoms with Crippen LogP contribution >= 0.6 is 12.1 Å². The summed E-state index contributed by atoms with van der Waals surface area (Å²) in [6, 6.07) is 5.39. The molecule has 104 valence electrons. The van der Waals surface area contributed by atoms with E-state index in [1.54, 1.807) is 6.07 Å². The van der Waals surface area contributed by atoms with E-state index in [1.165, 1.54) is 0 Å². The zero-order chi connectivity index (χ0) is 13.5. The Bertz CT molecular complexity index is 412. The van der Waals surface area contributed by atoms with Gasteiger partial charge in [0.25, 0.3) is 0 Å². The van der Waals surface area contributed by atoms with Crippen molar-refractivity contribution < 1.29 is 8.68 Å². The topological polar surface area (TPSA) is 48.5 Å². The van der Waals surface area contributed by atoms with Crippen molar-refractivity contribution in [1.82, 2.24) is 15.2 Å². The maximum absolute atomic E-state index is 12.5. The summed E-state index contributed by atoms with van der Waals surface area (Å²) in [5.41, 5.74) is 0. The Morgan fingerprint density at radius 1 is 1.37 bits per heavy atom. The zero-order valence-corrected chi connectivity index (χ0v) is 11.4. The number of carbonyl (C=O) groups excluding carboxylic acids is 1. The number of carbonyl (C=O) groups is 1. The highest BCUT2D eigenvalue weighted by Crippen LogP contribution is 2.20. The SMILES string of the molecule is O=CNCCN1CCN(c2cccc(SF)n2)CC1. The van der Waals surface area contributed by atoms with Gasteiger partial charge in [0.05, 0.1) is 0 Å². The Hall–Kier alpha value is -1.34. The summed E-state index contributed by atoms with van der Waals surface area (Å²) in [4.78, 5) is 18.9. The average Bonchev–Trinajstić information content (AvgIpc) is 2.48. The molecule has 1 aliphatic heterocycles. The summed E-state index contributed by atoms with van der Waals surface area (Å²) in [5, 5.41) is 3.06. The third-order valence-corrected chi connectivity index (χ3v) is 3.53. The first-order chi connectivity index (χ1) is 9.33. The predicted octanol–water partition coefficient (Wildman–Crippen LogP) is 0.926. The predicted molar refractivity (Wildman–Crippen MR) is 73.9 cm³/mol. The lowest BCUT2D eigenvalue weighted by atomic mass is 10.3. The van der Waals surface area contributed by atoms with Crippen molar-refractivity contribution in [2.75, 3.05) is 44.2 Å². The van der Waals surface area contributed by atoms with Crippen molar-refractivity contribution in [3.8, 4) is 0 Å². The number of rotatable bonds is 6. The third-order valence-electron chi connectivity index (χ3n) is 3.14. The second kappa shape index (κ2) is 7.30. The first kappa shape index (κ1) is 14.1. The number of piperazine rings is 1. The largest absolute Gasteiger partial charge is 0.357 e. The van der Waals surface area contributed by atoms with Gasteiger partial charge in [0, 0.05) is 39.3 Å². The highest BCUT2D eigenvalue weighted by Gasteiger charge is 2.17. The van der Waals surface area contributed by atoms with Crippen LogP contribution in [0.1, 0.15) is 0 Å². The minimum absolute atomic E-state index is 0.172. The number of anilines is 1. The van der Waals surface area contributed by atoms with Crippen molar-refractivity contribution in [1.29, 1.82) is 0 Å². The van der Waals surface area contributed by atoms with Crippen molar-refractivity contribution in [2.24, 2.45) is 0 Å². The second-order valence-electron chi connectivity index (χ2n) is 4.31. The van der Waals surface area contributed by atoms with E-state index in [0.29, 0.717) is 11.6 Å². The monoisotopic (exact) mass is 284 g/mol. The molecular formula is C12H17FN4OS. The Morgan fingerprint density at radius 2 is 2.16 bits per heavy atom. The number of halogens is 1. The van der Waals surface area contributed by atoms with E-state index in [0.717, 1.165) is 45.0 Å². The molecule has 2 rings (SSSR count). The molecule has 0 unspecified atom stereocenters. The number of hydrogen-bond donors (Lipinski definition) is 1. The molecule has 0 spiro atoms. The van der Waals surface area contributed by atoms with E-state index in [9.17, 15) is 8.68 Å². The fourth-order valence-electron chi connectivity index (χ4n) is 2.11. The number of nitrogens with zero attached hydrogens (tertiary/aromatic N) is 3. The Labute approximate surface area is 116 Å². The summed E-state index contributed by atoms with van der Waals surface area (Å²) < 4.78 is 12.5. The van der Waals surface area contributed by atoms with Gasteiger partial charge in [0.1, 0.15) is 23.0 Å². The highest BCUT2D eigenvalue weighted by molar-refractivity contribution is 7.94. The smallest absolute Gasteiger partial charge is 0.207 e. The van der Waals surface area contributed by atoms with Crippen LogP contribution in [0.4, 0.5) is 9.70 Å². The van der Waals surface area contributed by atoms with E-state index >= 15 is 0 Å². The Morgan fingerprint density at radius 3 is 2.84 bits per heavy atom. The lowest BCUT2D eigenvalue weighted by Crippen LogP contribution is -2.48. The van der Waals surface area contributed by atoms with Gasteiger partial charge in [-0.05, 0) is 12.1 Å². The Kier molecular flexibility index (Phi) is 5.41. The molecule has 7 heteroatoms. The van der Waals surface area contributed by atoms with Crippen LogP contribution in [0.3, 0.4) is 0 Å². The highest BCUT2D eigenvalue weighted by atomic mass is 32.2. The Balaban J connectivity index is 1.83. The van der Waals surface area contributed by atoms with Crippen LogP contribution in [0.15, 0.2) is 23.2 Å². The van der Waals surface area contributed by atoms with Gasteiger partial charge in [0.2, 0.25) is 6.41 Å². The molecule has 1 N–H and O–H groups in total. The number of hydrogen-bond acceptors (Lipinski definition) is 5. The molecule has 0 aromatic carbocycles. The lowest BCUT2D eigenvalue weighted by molar-refractivity contribution is -0.109. The molecule has 0 saturated carbocycles. The minimum atomic E-state index is 0.172.